The predicted molar refractivity (Wildman–Crippen MR) is 67.5 cm³/mol. The highest BCUT2D eigenvalue weighted by atomic mass is 16.2. The molecule has 3 fully saturated rings. The van der Waals surface area contributed by atoms with Crippen LogP contribution in [-0.4, -0.2) is 28.8 Å². The highest BCUT2D eigenvalue weighted by Gasteiger charge is 2.74. The molecular weight excluding hydrogens is 228 g/mol. The molecule has 2 saturated carbocycles. The van der Waals surface area contributed by atoms with Gasteiger partial charge >= 0.3 is 0 Å². The summed E-state index contributed by atoms with van der Waals surface area (Å²) in [5.41, 5.74) is 5.44. The second-order valence-electron chi connectivity index (χ2n) is 6.78. The molecule has 100 valence electrons. The number of nitrogens with zero attached hydrogens (tertiary/aromatic N) is 1. The van der Waals surface area contributed by atoms with E-state index in [1.54, 1.807) is 4.90 Å². The van der Waals surface area contributed by atoms with Gasteiger partial charge < -0.3 is 5.73 Å². The first-order chi connectivity index (χ1) is 8.46. The Balaban J connectivity index is 1.90. The van der Waals surface area contributed by atoms with E-state index in [9.17, 15) is 9.59 Å². The number of imide groups is 1. The summed E-state index contributed by atoms with van der Waals surface area (Å²) in [6.07, 6.45) is 5.12. The van der Waals surface area contributed by atoms with Crippen molar-refractivity contribution in [1.29, 1.82) is 0 Å². The number of carbonyl (C=O) groups excluding carboxylic acids is 2. The van der Waals surface area contributed by atoms with Crippen LogP contribution in [0.25, 0.3) is 0 Å². The SMILES string of the molecule is CC1(C)C2C(=O)N(C3(CN)CCCCC3)C(=O)C21. The quantitative estimate of drug-likeness (QED) is 0.751. The van der Waals surface area contributed by atoms with Crippen molar-refractivity contribution in [2.45, 2.75) is 51.5 Å². The van der Waals surface area contributed by atoms with Gasteiger partial charge in [-0.25, -0.2) is 0 Å². The van der Waals surface area contributed by atoms with E-state index in [-0.39, 0.29) is 34.6 Å². The van der Waals surface area contributed by atoms with Crippen molar-refractivity contribution in [3.8, 4) is 0 Å². The molecule has 3 rings (SSSR count). The summed E-state index contributed by atoms with van der Waals surface area (Å²) in [4.78, 5) is 26.5. The molecule has 0 spiro atoms. The summed E-state index contributed by atoms with van der Waals surface area (Å²) >= 11 is 0. The minimum atomic E-state index is -0.365. The van der Waals surface area contributed by atoms with Gasteiger partial charge in [-0.2, -0.15) is 0 Å². The third kappa shape index (κ3) is 1.30. The van der Waals surface area contributed by atoms with Crippen molar-refractivity contribution in [2.24, 2.45) is 23.0 Å². The number of piperidine rings is 1. The van der Waals surface area contributed by atoms with Crippen LogP contribution in [0.1, 0.15) is 46.0 Å². The van der Waals surface area contributed by atoms with Crippen LogP contribution >= 0.6 is 0 Å². The lowest BCUT2D eigenvalue weighted by atomic mass is 9.79. The van der Waals surface area contributed by atoms with Crippen molar-refractivity contribution in [1.82, 2.24) is 4.90 Å². The predicted octanol–water partition coefficient (Wildman–Crippen LogP) is 1.29. The fraction of sp³-hybridized carbons (Fsp3) is 0.857. The van der Waals surface area contributed by atoms with Crippen LogP contribution in [-0.2, 0) is 9.59 Å². The first kappa shape index (κ1) is 12.2. The number of amides is 2. The van der Waals surface area contributed by atoms with Crippen molar-refractivity contribution >= 4 is 11.8 Å². The Morgan fingerprint density at radius 1 is 1.11 bits per heavy atom. The average molecular weight is 250 g/mol. The van der Waals surface area contributed by atoms with E-state index in [0.29, 0.717) is 6.54 Å². The Kier molecular flexibility index (Phi) is 2.40. The van der Waals surface area contributed by atoms with Crippen molar-refractivity contribution in [3.05, 3.63) is 0 Å². The highest BCUT2D eigenvalue weighted by Crippen LogP contribution is 2.64. The van der Waals surface area contributed by atoms with Crippen molar-refractivity contribution < 1.29 is 9.59 Å². The second kappa shape index (κ2) is 3.56. The van der Waals surface area contributed by atoms with Crippen LogP contribution in [0.5, 0.6) is 0 Å². The minimum absolute atomic E-state index is 0.0438. The van der Waals surface area contributed by atoms with E-state index in [2.05, 4.69) is 0 Å². The fourth-order valence-electron chi connectivity index (χ4n) is 4.14. The molecule has 1 aliphatic heterocycles. The summed E-state index contributed by atoms with van der Waals surface area (Å²) in [5.74, 6) is -0.0598. The largest absolute Gasteiger partial charge is 0.328 e. The highest BCUT2D eigenvalue weighted by molar-refractivity contribution is 6.11. The van der Waals surface area contributed by atoms with Gasteiger partial charge in [-0.05, 0) is 18.3 Å². The molecule has 4 heteroatoms. The first-order valence-electron chi connectivity index (χ1n) is 7.04. The third-order valence-corrected chi connectivity index (χ3v) is 5.44. The Labute approximate surface area is 108 Å². The molecule has 3 aliphatic rings. The number of fused-ring (bicyclic) bond motifs is 1. The Morgan fingerprint density at radius 2 is 1.61 bits per heavy atom. The Morgan fingerprint density at radius 3 is 2.06 bits per heavy atom. The van der Waals surface area contributed by atoms with Crippen LogP contribution < -0.4 is 5.73 Å². The molecule has 1 heterocycles. The molecule has 1 saturated heterocycles. The van der Waals surface area contributed by atoms with Gasteiger partial charge in [0.05, 0.1) is 17.4 Å². The van der Waals surface area contributed by atoms with E-state index in [1.165, 1.54) is 6.42 Å². The van der Waals surface area contributed by atoms with E-state index in [0.717, 1.165) is 25.7 Å². The van der Waals surface area contributed by atoms with E-state index >= 15 is 0 Å². The molecule has 2 unspecified atom stereocenters. The first-order valence-corrected chi connectivity index (χ1v) is 7.04. The Hall–Kier alpha value is -0.900. The lowest BCUT2D eigenvalue weighted by Gasteiger charge is -2.44. The maximum absolute atomic E-state index is 12.5. The summed E-state index contributed by atoms with van der Waals surface area (Å²) in [7, 11) is 0. The maximum atomic E-state index is 12.5. The molecular formula is C14H22N2O2. The number of nitrogens with two attached hydrogens (primary N) is 1. The van der Waals surface area contributed by atoms with Crippen LogP contribution in [0, 0.1) is 17.3 Å². The van der Waals surface area contributed by atoms with Gasteiger partial charge in [0, 0.05) is 6.54 Å². The zero-order chi connectivity index (χ0) is 13.1. The topological polar surface area (TPSA) is 63.4 Å². The molecule has 2 amide bonds. The summed E-state index contributed by atoms with van der Waals surface area (Å²) in [5, 5.41) is 0. The average Bonchev–Trinajstić information content (AvgIpc) is 2.80. The normalized spacial score (nSPS) is 36.7. The molecule has 0 aromatic heterocycles. The van der Waals surface area contributed by atoms with E-state index in [4.69, 9.17) is 5.73 Å². The summed E-state index contributed by atoms with van der Waals surface area (Å²) in [6, 6.07) is 0. The van der Waals surface area contributed by atoms with Gasteiger partial charge in [-0.1, -0.05) is 33.1 Å². The molecule has 0 bridgehead atoms. The van der Waals surface area contributed by atoms with Gasteiger partial charge in [0.2, 0.25) is 11.8 Å². The molecule has 2 aliphatic carbocycles. The molecule has 2 atom stereocenters. The molecule has 2 N–H and O–H groups in total. The number of hydrogen-bond acceptors (Lipinski definition) is 3. The van der Waals surface area contributed by atoms with Crippen LogP contribution in [0.3, 0.4) is 0 Å². The molecule has 0 aromatic carbocycles. The number of likely N-dealkylation sites (tertiary alicyclic amines) is 1. The summed E-state index contributed by atoms with van der Waals surface area (Å²) in [6.45, 7) is 4.46. The van der Waals surface area contributed by atoms with Crippen LogP contribution in [0.2, 0.25) is 0 Å². The third-order valence-electron chi connectivity index (χ3n) is 5.44. The molecule has 18 heavy (non-hydrogen) atoms. The lowest BCUT2D eigenvalue weighted by Crippen LogP contribution is -2.59. The van der Waals surface area contributed by atoms with Crippen LogP contribution in [0.4, 0.5) is 0 Å². The number of carbonyl (C=O) groups is 2. The zero-order valence-electron chi connectivity index (χ0n) is 11.2. The van der Waals surface area contributed by atoms with Gasteiger partial charge in [0.25, 0.3) is 0 Å². The molecule has 0 aromatic rings. The van der Waals surface area contributed by atoms with E-state index < -0.39 is 0 Å². The molecule has 4 nitrogen and oxygen atoms in total. The summed E-state index contributed by atoms with van der Waals surface area (Å²) < 4.78 is 0. The van der Waals surface area contributed by atoms with Gasteiger partial charge in [0.1, 0.15) is 0 Å². The lowest BCUT2D eigenvalue weighted by molar-refractivity contribution is -0.151. The van der Waals surface area contributed by atoms with Crippen molar-refractivity contribution in [2.75, 3.05) is 6.54 Å². The van der Waals surface area contributed by atoms with Crippen molar-refractivity contribution in [3.63, 3.8) is 0 Å². The van der Waals surface area contributed by atoms with Gasteiger partial charge in [-0.3, -0.25) is 14.5 Å². The molecule has 0 radical (unpaired) electrons. The minimum Gasteiger partial charge on any atom is -0.328 e. The monoisotopic (exact) mass is 250 g/mol. The second-order valence-corrected chi connectivity index (χ2v) is 6.78. The maximum Gasteiger partial charge on any atom is 0.234 e. The zero-order valence-corrected chi connectivity index (χ0v) is 11.2. The van der Waals surface area contributed by atoms with Gasteiger partial charge in [-0.15, -0.1) is 0 Å². The fourth-order valence-corrected chi connectivity index (χ4v) is 4.14. The smallest absolute Gasteiger partial charge is 0.234 e. The standard InChI is InChI=1S/C14H22N2O2/c1-13(2)9-10(13)12(18)16(11(9)17)14(8-15)6-4-3-5-7-14/h9-10H,3-8,15H2,1-2H3. The van der Waals surface area contributed by atoms with Crippen LogP contribution in [0.15, 0.2) is 0 Å². The number of rotatable bonds is 2. The number of hydrogen-bond donors (Lipinski definition) is 1. The van der Waals surface area contributed by atoms with E-state index in [1.807, 2.05) is 13.8 Å². The van der Waals surface area contributed by atoms with Gasteiger partial charge in [0.15, 0.2) is 0 Å². The Bertz CT molecular complexity index is 386.